The van der Waals surface area contributed by atoms with Crippen LogP contribution in [0.2, 0.25) is 0 Å². The molecule has 0 aromatic carbocycles. The molecular formula is C22H41O3-. The van der Waals surface area contributed by atoms with Gasteiger partial charge in [0.15, 0.2) is 0 Å². The van der Waals surface area contributed by atoms with Crippen LogP contribution in [0.3, 0.4) is 0 Å². The molecule has 3 nitrogen and oxygen atoms in total. The lowest BCUT2D eigenvalue weighted by Crippen LogP contribution is -2.21. The van der Waals surface area contributed by atoms with Crippen LogP contribution >= 0.6 is 0 Å². The van der Waals surface area contributed by atoms with E-state index in [1.54, 1.807) is 0 Å². The molecule has 0 bridgehead atoms. The highest BCUT2D eigenvalue weighted by molar-refractivity contribution is 5.64. The predicted molar refractivity (Wildman–Crippen MR) is 103 cm³/mol. The molecule has 0 unspecified atom stereocenters. The third kappa shape index (κ3) is 23.1. The predicted octanol–water partition coefficient (Wildman–Crippen LogP) is 5.74. The van der Waals surface area contributed by atoms with Crippen molar-refractivity contribution in [3.63, 3.8) is 0 Å². The van der Waals surface area contributed by atoms with E-state index >= 15 is 0 Å². The van der Waals surface area contributed by atoms with Crippen LogP contribution in [0.5, 0.6) is 0 Å². The second-order valence-electron chi connectivity index (χ2n) is 7.44. The molecule has 0 N–H and O–H groups in total. The van der Waals surface area contributed by atoms with Gasteiger partial charge in [-0.3, -0.25) is 0 Å². The summed E-state index contributed by atoms with van der Waals surface area (Å²) in [5.41, 5.74) is 0. The van der Waals surface area contributed by atoms with E-state index in [1.807, 2.05) is 0 Å². The van der Waals surface area contributed by atoms with Crippen molar-refractivity contribution in [2.24, 2.45) is 0 Å². The lowest BCUT2D eigenvalue weighted by molar-refractivity contribution is -0.305. The number of aldehydes is 1. The number of carbonyl (C=O) groups excluding carboxylic acids is 2. The van der Waals surface area contributed by atoms with Crippen molar-refractivity contribution in [2.45, 2.75) is 128 Å². The first-order valence-corrected chi connectivity index (χ1v) is 10.9. The number of carboxylic acids is 1. The van der Waals surface area contributed by atoms with Crippen molar-refractivity contribution in [1.29, 1.82) is 0 Å². The summed E-state index contributed by atoms with van der Waals surface area (Å²) < 4.78 is 0. The topological polar surface area (TPSA) is 57.2 Å². The van der Waals surface area contributed by atoms with Gasteiger partial charge in [0, 0.05) is 12.4 Å². The van der Waals surface area contributed by atoms with Crippen molar-refractivity contribution in [3.05, 3.63) is 0 Å². The first kappa shape index (κ1) is 24.1. The van der Waals surface area contributed by atoms with Crippen molar-refractivity contribution >= 4 is 12.3 Å². The van der Waals surface area contributed by atoms with Crippen LogP contribution in [0.1, 0.15) is 128 Å². The van der Waals surface area contributed by atoms with Crippen molar-refractivity contribution in [1.82, 2.24) is 0 Å². The third-order valence-corrected chi connectivity index (χ3v) is 4.95. The third-order valence-electron chi connectivity index (χ3n) is 4.95. The number of carboxylic acid groups (broad SMARTS) is 1. The molecule has 25 heavy (non-hydrogen) atoms. The second-order valence-corrected chi connectivity index (χ2v) is 7.44. The summed E-state index contributed by atoms with van der Waals surface area (Å²) in [6.45, 7) is 0. The molecule has 3 heteroatoms. The van der Waals surface area contributed by atoms with Gasteiger partial charge in [0.2, 0.25) is 0 Å². The van der Waals surface area contributed by atoms with Gasteiger partial charge in [-0.15, -0.1) is 0 Å². The summed E-state index contributed by atoms with van der Waals surface area (Å²) in [5, 5.41) is 10.3. The number of unbranched alkanes of at least 4 members (excludes halogenated alkanes) is 18. The molecule has 0 spiro atoms. The van der Waals surface area contributed by atoms with E-state index in [-0.39, 0.29) is 6.42 Å². The minimum atomic E-state index is -0.911. The number of hydrogen-bond donors (Lipinski definition) is 0. The Morgan fingerprint density at radius 1 is 0.520 bits per heavy atom. The number of hydrogen-bond acceptors (Lipinski definition) is 3. The molecule has 0 aromatic rings. The fraction of sp³-hybridized carbons (Fsp3) is 0.909. The average molecular weight is 354 g/mol. The van der Waals surface area contributed by atoms with Crippen LogP contribution < -0.4 is 5.11 Å². The van der Waals surface area contributed by atoms with Gasteiger partial charge in [-0.05, 0) is 19.3 Å². The van der Waals surface area contributed by atoms with Crippen LogP contribution in [0.25, 0.3) is 0 Å². The molecule has 0 aliphatic heterocycles. The Bertz CT molecular complexity index is 289. The fourth-order valence-corrected chi connectivity index (χ4v) is 3.33. The number of aliphatic carboxylic acids is 1. The van der Waals surface area contributed by atoms with E-state index in [0.717, 1.165) is 32.0 Å². The van der Waals surface area contributed by atoms with Crippen LogP contribution in [0, 0.1) is 0 Å². The first-order chi connectivity index (χ1) is 12.3. The summed E-state index contributed by atoms with van der Waals surface area (Å²) >= 11 is 0. The maximum atomic E-state index is 10.3. The molecule has 0 saturated heterocycles. The molecule has 0 atom stereocenters. The molecule has 0 saturated carbocycles. The smallest absolute Gasteiger partial charge is 0.119 e. The molecule has 0 aliphatic rings. The zero-order valence-electron chi connectivity index (χ0n) is 16.4. The minimum Gasteiger partial charge on any atom is -0.550 e. The lowest BCUT2D eigenvalue weighted by atomic mass is 10.0. The van der Waals surface area contributed by atoms with Gasteiger partial charge in [0.05, 0.1) is 0 Å². The molecule has 0 heterocycles. The van der Waals surface area contributed by atoms with Crippen LogP contribution in [0.15, 0.2) is 0 Å². The van der Waals surface area contributed by atoms with Gasteiger partial charge < -0.3 is 14.7 Å². The molecule has 0 radical (unpaired) electrons. The number of carbonyl (C=O) groups is 2. The Morgan fingerprint density at radius 2 is 0.800 bits per heavy atom. The Hall–Kier alpha value is -0.860. The van der Waals surface area contributed by atoms with Crippen molar-refractivity contribution in [3.8, 4) is 0 Å². The fourth-order valence-electron chi connectivity index (χ4n) is 3.33. The monoisotopic (exact) mass is 353 g/mol. The first-order valence-electron chi connectivity index (χ1n) is 10.9. The Labute approximate surface area is 156 Å². The molecule has 0 rings (SSSR count). The highest BCUT2D eigenvalue weighted by Crippen LogP contribution is 2.14. The maximum Gasteiger partial charge on any atom is 0.119 e. The summed E-state index contributed by atoms with van der Waals surface area (Å²) in [4.78, 5) is 20.5. The van der Waals surface area contributed by atoms with Gasteiger partial charge >= 0.3 is 0 Å². The molecule has 0 aromatic heterocycles. The highest BCUT2D eigenvalue weighted by atomic mass is 16.4. The molecule has 0 fully saturated rings. The molecular weight excluding hydrogens is 312 g/mol. The van der Waals surface area contributed by atoms with Gasteiger partial charge in [0.1, 0.15) is 6.29 Å². The van der Waals surface area contributed by atoms with E-state index in [0.29, 0.717) is 0 Å². The SMILES string of the molecule is O=CCCCCCCCCCCCCCCCCCCCCC(=O)[O-]. The van der Waals surface area contributed by atoms with E-state index in [2.05, 4.69) is 0 Å². The zero-order chi connectivity index (χ0) is 18.4. The number of rotatable bonds is 21. The lowest BCUT2D eigenvalue weighted by Gasteiger charge is -2.04. The Kier molecular flexibility index (Phi) is 20.5. The van der Waals surface area contributed by atoms with E-state index in [4.69, 9.17) is 0 Å². The van der Waals surface area contributed by atoms with Gasteiger partial charge in [-0.25, -0.2) is 0 Å². The minimum absolute atomic E-state index is 0.224. The largest absolute Gasteiger partial charge is 0.550 e. The van der Waals surface area contributed by atoms with Crippen LogP contribution in [-0.2, 0) is 9.59 Å². The Morgan fingerprint density at radius 3 is 1.08 bits per heavy atom. The zero-order valence-corrected chi connectivity index (χ0v) is 16.4. The molecule has 0 amide bonds. The van der Waals surface area contributed by atoms with Crippen LogP contribution in [-0.4, -0.2) is 12.3 Å². The van der Waals surface area contributed by atoms with E-state index < -0.39 is 5.97 Å². The van der Waals surface area contributed by atoms with E-state index in [1.165, 1.54) is 96.3 Å². The normalized spacial score (nSPS) is 10.9. The average Bonchev–Trinajstić information content (AvgIpc) is 2.60. The highest BCUT2D eigenvalue weighted by Gasteiger charge is 1.95. The maximum absolute atomic E-state index is 10.3. The summed E-state index contributed by atoms with van der Waals surface area (Å²) in [5.74, 6) is -0.911. The van der Waals surface area contributed by atoms with Gasteiger partial charge in [-0.1, -0.05) is 103 Å². The summed E-state index contributed by atoms with van der Waals surface area (Å²) in [6.07, 6.45) is 24.8. The van der Waals surface area contributed by atoms with Crippen LogP contribution in [0.4, 0.5) is 0 Å². The quantitative estimate of drug-likeness (QED) is 0.195. The Balaban J connectivity index is 2.98. The second kappa shape index (κ2) is 21.2. The van der Waals surface area contributed by atoms with Crippen molar-refractivity contribution < 1.29 is 14.7 Å². The standard InChI is InChI=1S/C22H42O3/c23-21-19-17-15-13-11-9-7-5-3-1-2-4-6-8-10-12-14-16-18-20-22(24)25/h21H,1-20H2,(H,24,25)/p-1. The van der Waals surface area contributed by atoms with Crippen molar-refractivity contribution in [2.75, 3.05) is 0 Å². The van der Waals surface area contributed by atoms with Gasteiger partial charge in [0.25, 0.3) is 0 Å². The summed E-state index contributed by atoms with van der Waals surface area (Å²) in [7, 11) is 0. The molecule has 148 valence electrons. The molecule has 0 aliphatic carbocycles. The van der Waals surface area contributed by atoms with Gasteiger partial charge in [-0.2, -0.15) is 0 Å². The van der Waals surface area contributed by atoms with E-state index in [9.17, 15) is 14.7 Å². The summed E-state index contributed by atoms with van der Waals surface area (Å²) in [6, 6.07) is 0.